The average molecular weight is 334 g/mol. The molecule has 0 aliphatic carbocycles. The van der Waals surface area contributed by atoms with Crippen LogP contribution in [-0.4, -0.2) is 42.7 Å². The molecule has 1 atom stereocenters. The summed E-state index contributed by atoms with van der Waals surface area (Å²) in [5.74, 6) is 0.950. The van der Waals surface area contributed by atoms with E-state index in [9.17, 15) is 0 Å². The van der Waals surface area contributed by atoms with Gasteiger partial charge in [-0.15, -0.1) is 15.3 Å². The van der Waals surface area contributed by atoms with Crippen molar-refractivity contribution >= 4 is 27.4 Å². The van der Waals surface area contributed by atoms with Gasteiger partial charge in [0.15, 0.2) is 5.65 Å². The number of aromatic nitrogens is 6. The number of anilines is 1. The summed E-state index contributed by atoms with van der Waals surface area (Å²) in [5, 5.41) is 16.7. The zero-order valence-electron chi connectivity index (χ0n) is 10.6. The van der Waals surface area contributed by atoms with Crippen molar-refractivity contribution in [2.75, 3.05) is 18.0 Å². The van der Waals surface area contributed by atoms with Gasteiger partial charge in [0, 0.05) is 19.3 Å². The molecule has 3 aromatic rings. The van der Waals surface area contributed by atoms with Gasteiger partial charge in [-0.2, -0.15) is 9.61 Å². The lowest BCUT2D eigenvalue weighted by Gasteiger charge is -2.17. The fourth-order valence-corrected chi connectivity index (χ4v) is 2.87. The van der Waals surface area contributed by atoms with Crippen LogP contribution in [0.2, 0.25) is 0 Å². The SMILES string of the molecule is Brc1cnn(C2CCN(c3ccc4nncn4n3)C2)c1. The van der Waals surface area contributed by atoms with Crippen molar-refractivity contribution < 1.29 is 0 Å². The molecule has 7 nitrogen and oxygen atoms in total. The fraction of sp³-hybridized carbons (Fsp3) is 0.333. The summed E-state index contributed by atoms with van der Waals surface area (Å²) in [6.07, 6.45) is 6.53. The molecule has 1 fully saturated rings. The highest BCUT2D eigenvalue weighted by Crippen LogP contribution is 2.26. The first kappa shape index (κ1) is 11.8. The van der Waals surface area contributed by atoms with E-state index in [0.29, 0.717) is 6.04 Å². The van der Waals surface area contributed by atoms with E-state index in [1.807, 2.05) is 29.2 Å². The minimum absolute atomic E-state index is 0.389. The summed E-state index contributed by atoms with van der Waals surface area (Å²) >= 11 is 3.44. The van der Waals surface area contributed by atoms with Crippen molar-refractivity contribution in [2.45, 2.75) is 12.5 Å². The highest BCUT2D eigenvalue weighted by molar-refractivity contribution is 9.10. The fourth-order valence-electron chi connectivity index (χ4n) is 2.57. The average Bonchev–Trinajstić information content (AvgIpc) is 3.17. The second-order valence-electron chi connectivity index (χ2n) is 4.85. The van der Waals surface area contributed by atoms with Crippen LogP contribution in [0.3, 0.4) is 0 Å². The topological polar surface area (TPSA) is 64.1 Å². The van der Waals surface area contributed by atoms with Crippen molar-refractivity contribution in [3.05, 3.63) is 35.3 Å². The summed E-state index contributed by atoms with van der Waals surface area (Å²) < 4.78 is 4.73. The molecule has 0 amide bonds. The van der Waals surface area contributed by atoms with E-state index < -0.39 is 0 Å². The van der Waals surface area contributed by atoms with E-state index in [0.717, 1.165) is 35.4 Å². The Balaban J connectivity index is 1.58. The van der Waals surface area contributed by atoms with E-state index >= 15 is 0 Å². The first-order chi connectivity index (χ1) is 9.79. The molecule has 8 heteroatoms. The molecule has 1 aliphatic rings. The van der Waals surface area contributed by atoms with Gasteiger partial charge in [0.2, 0.25) is 0 Å². The molecule has 0 saturated carbocycles. The Morgan fingerprint density at radius 1 is 1.30 bits per heavy atom. The van der Waals surface area contributed by atoms with Gasteiger partial charge in [-0.05, 0) is 34.5 Å². The lowest BCUT2D eigenvalue weighted by Crippen LogP contribution is -2.22. The maximum atomic E-state index is 4.53. The summed E-state index contributed by atoms with van der Waals surface area (Å²) in [6, 6.07) is 4.32. The minimum Gasteiger partial charge on any atom is -0.353 e. The Kier molecular flexibility index (Phi) is 2.69. The van der Waals surface area contributed by atoms with Crippen molar-refractivity contribution in [1.82, 2.24) is 29.6 Å². The maximum absolute atomic E-state index is 4.53. The molecule has 1 saturated heterocycles. The Morgan fingerprint density at radius 3 is 3.10 bits per heavy atom. The third-order valence-electron chi connectivity index (χ3n) is 3.58. The Hall–Kier alpha value is -1.96. The first-order valence-corrected chi connectivity index (χ1v) is 7.20. The number of fused-ring (bicyclic) bond motifs is 1. The molecule has 0 radical (unpaired) electrons. The van der Waals surface area contributed by atoms with Crippen LogP contribution in [0.1, 0.15) is 12.5 Å². The molecule has 4 rings (SSSR count). The predicted octanol–water partition coefficient (Wildman–Crippen LogP) is 1.53. The second-order valence-corrected chi connectivity index (χ2v) is 5.77. The molecular formula is C12H12BrN7. The van der Waals surface area contributed by atoms with Crippen molar-refractivity contribution in [1.29, 1.82) is 0 Å². The van der Waals surface area contributed by atoms with Gasteiger partial charge in [-0.3, -0.25) is 4.68 Å². The van der Waals surface area contributed by atoms with E-state index in [2.05, 4.69) is 41.2 Å². The van der Waals surface area contributed by atoms with Gasteiger partial charge in [-0.1, -0.05) is 0 Å². The highest BCUT2D eigenvalue weighted by atomic mass is 79.9. The van der Waals surface area contributed by atoms with E-state index in [1.165, 1.54) is 0 Å². The summed E-state index contributed by atoms with van der Waals surface area (Å²) in [4.78, 5) is 2.26. The molecule has 20 heavy (non-hydrogen) atoms. The monoisotopic (exact) mass is 333 g/mol. The van der Waals surface area contributed by atoms with Crippen LogP contribution in [0.25, 0.3) is 5.65 Å². The normalized spacial score (nSPS) is 19.1. The number of rotatable bonds is 2. The third-order valence-corrected chi connectivity index (χ3v) is 3.99. The van der Waals surface area contributed by atoms with Crippen LogP contribution in [-0.2, 0) is 0 Å². The highest BCUT2D eigenvalue weighted by Gasteiger charge is 2.25. The molecule has 1 aliphatic heterocycles. The molecule has 0 spiro atoms. The van der Waals surface area contributed by atoms with Crippen LogP contribution in [0.5, 0.6) is 0 Å². The third kappa shape index (κ3) is 1.96. The van der Waals surface area contributed by atoms with Crippen molar-refractivity contribution in [2.24, 2.45) is 0 Å². The van der Waals surface area contributed by atoms with Crippen LogP contribution in [0.4, 0.5) is 5.82 Å². The minimum atomic E-state index is 0.389. The Bertz CT molecular complexity index is 749. The molecule has 0 N–H and O–H groups in total. The lowest BCUT2D eigenvalue weighted by atomic mass is 10.3. The van der Waals surface area contributed by atoms with Crippen molar-refractivity contribution in [3.8, 4) is 0 Å². The molecule has 1 unspecified atom stereocenters. The summed E-state index contributed by atoms with van der Waals surface area (Å²) in [5.41, 5.74) is 0.764. The number of hydrogen-bond donors (Lipinski definition) is 0. The molecule has 102 valence electrons. The van der Waals surface area contributed by atoms with Gasteiger partial charge in [0.25, 0.3) is 0 Å². The van der Waals surface area contributed by atoms with Gasteiger partial charge in [0.05, 0.1) is 16.7 Å². The lowest BCUT2D eigenvalue weighted by molar-refractivity contribution is 0.494. The summed E-state index contributed by atoms with van der Waals surface area (Å²) in [7, 11) is 0. The van der Waals surface area contributed by atoms with Gasteiger partial charge < -0.3 is 4.90 Å². The number of nitrogens with zero attached hydrogens (tertiary/aromatic N) is 7. The van der Waals surface area contributed by atoms with E-state index in [4.69, 9.17) is 0 Å². The zero-order chi connectivity index (χ0) is 13.5. The Morgan fingerprint density at radius 2 is 2.25 bits per heavy atom. The number of halogens is 1. The number of hydrogen-bond acceptors (Lipinski definition) is 5. The quantitative estimate of drug-likeness (QED) is 0.711. The van der Waals surface area contributed by atoms with Crippen molar-refractivity contribution in [3.63, 3.8) is 0 Å². The maximum Gasteiger partial charge on any atom is 0.177 e. The van der Waals surface area contributed by atoms with Gasteiger partial charge in [0.1, 0.15) is 12.1 Å². The predicted molar refractivity (Wildman–Crippen MR) is 76.6 cm³/mol. The zero-order valence-corrected chi connectivity index (χ0v) is 12.2. The van der Waals surface area contributed by atoms with Crippen LogP contribution >= 0.6 is 15.9 Å². The molecule has 3 aromatic heterocycles. The summed E-state index contributed by atoms with van der Waals surface area (Å²) in [6.45, 7) is 1.89. The molecule has 4 heterocycles. The first-order valence-electron chi connectivity index (χ1n) is 6.41. The molecule has 0 bridgehead atoms. The van der Waals surface area contributed by atoms with Crippen LogP contribution < -0.4 is 4.90 Å². The largest absolute Gasteiger partial charge is 0.353 e. The van der Waals surface area contributed by atoms with Gasteiger partial charge >= 0.3 is 0 Å². The van der Waals surface area contributed by atoms with E-state index in [-0.39, 0.29) is 0 Å². The standard InChI is InChI=1S/C12H12BrN7/c13-9-5-15-19(6-9)10-3-4-18(7-10)12-2-1-11-16-14-8-20(11)17-12/h1-2,5-6,8,10H,3-4,7H2. The molecule has 0 aromatic carbocycles. The van der Waals surface area contributed by atoms with Crippen LogP contribution in [0, 0.1) is 0 Å². The van der Waals surface area contributed by atoms with Crippen LogP contribution in [0.15, 0.2) is 35.3 Å². The Labute approximate surface area is 123 Å². The molecular weight excluding hydrogens is 322 g/mol. The van der Waals surface area contributed by atoms with Gasteiger partial charge in [-0.25, -0.2) is 0 Å². The van der Waals surface area contributed by atoms with E-state index in [1.54, 1.807) is 10.8 Å². The smallest absolute Gasteiger partial charge is 0.177 e. The second kappa shape index (κ2) is 4.55.